The average molecular weight is 376 g/mol. The average Bonchev–Trinajstić information content (AvgIpc) is 2.60. The third kappa shape index (κ3) is 5.95. The summed E-state index contributed by atoms with van der Waals surface area (Å²) in [5.41, 5.74) is 1.37. The molecule has 2 aromatic rings. The zero-order valence-corrected chi connectivity index (χ0v) is 16.5. The van der Waals surface area contributed by atoms with Crippen LogP contribution in [-0.2, 0) is 10.2 Å². The lowest BCUT2D eigenvalue weighted by atomic mass is 9.87. The van der Waals surface area contributed by atoms with Gasteiger partial charge in [-0.15, -0.1) is 0 Å². The van der Waals surface area contributed by atoms with E-state index < -0.39 is 6.10 Å². The zero-order valence-electron chi connectivity index (χ0n) is 15.7. The zero-order chi connectivity index (χ0) is 19.2. The Morgan fingerprint density at radius 2 is 1.77 bits per heavy atom. The van der Waals surface area contributed by atoms with Gasteiger partial charge in [-0.3, -0.25) is 4.79 Å². The number of amides is 1. The molecule has 0 radical (unpaired) electrons. The van der Waals surface area contributed by atoms with Crippen LogP contribution < -0.4 is 14.8 Å². The van der Waals surface area contributed by atoms with Gasteiger partial charge in [0.15, 0.2) is 6.10 Å². The van der Waals surface area contributed by atoms with Gasteiger partial charge < -0.3 is 14.8 Å². The van der Waals surface area contributed by atoms with Crippen molar-refractivity contribution in [2.45, 2.75) is 39.2 Å². The molecule has 1 N–H and O–H groups in total. The first-order chi connectivity index (χ1) is 12.3. The van der Waals surface area contributed by atoms with Crippen LogP contribution in [0.2, 0.25) is 5.02 Å². The molecule has 4 nitrogen and oxygen atoms in total. The van der Waals surface area contributed by atoms with E-state index in [2.05, 4.69) is 38.2 Å². The lowest BCUT2D eigenvalue weighted by Gasteiger charge is -2.19. The summed E-state index contributed by atoms with van der Waals surface area (Å²) in [6.07, 6.45) is -0.638. The standard InChI is InChI=1S/C21H26ClNO3/c1-15(26-19-8-6-5-7-18(19)22)20(24)23-13-14-25-17-11-9-16(10-12-17)21(2,3)4/h5-12,15H,13-14H2,1-4H3,(H,23,24). The van der Waals surface area contributed by atoms with E-state index in [1.165, 1.54) is 5.56 Å². The maximum atomic E-state index is 12.1. The second kappa shape index (κ2) is 8.95. The van der Waals surface area contributed by atoms with Gasteiger partial charge in [0.1, 0.15) is 18.1 Å². The molecule has 1 atom stereocenters. The van der Waals surface area contributed by atoms with Gasteiger partial charge in [-0.25, -0.2) is 0 Å². The van der Waals surface area contributed by atoms with E-state index >= 15 is 0 Å². The van der Waals surface area contributed by atoms with Gasteiger partial charge in [-0.05, 0) is 42.2 Å². The SMILES string of the molecule is CC(Oc1ccccc1Cl)C(=O)NCCOc1ccc(C(C)(C)C)cc1. The Balaban J connectivity index is 1.73. The van der Waals surface area contributed by atoms with Crippen molar-refractivity contribution in [3.8, 4) is 11.5 Å². The fourth-order valence-corrected chi connectivity index (χ4v) is 2.50. The Morgan fingerprint density at radius 1 is 1.12 bits per heavy atom. The molecule has 26 heavy (non-hydrogen) atoms. The number of para-hydroxylation sites is 1. The van der Waals surface area contributed by atoms with E-state index in [-0.39, 0.29) is 11.3 Å². The van der Waals surface area contributed by atoms with Crippen LogP contribution in [0.4, 0.5) is 0 Å². The summed E-state index contributed by atoms with van der Waals surface area (Å²) >= 11 is 6.03. The van der Waals surface area contributed by atoms with E-state index in [1.807, 2.05) is 24.3 Å². The van der Waals surface area contributed by atoms with Crippen LogP contribution in [0.5, 0.6) is 11.5 Å². The largest absolute Gasteiger partial charge is 0.492 e. The van der Waals surface area contributed by atoms with E-state index in [0.29, 0.717) is 23.9 Å². The number of halogens is 1. The molecular formula is C21H26ClNO3. The molecule has 0 aliphatic carbocycles. The van der Waals surface area contributed by atoms with E-state index in [9.17, 15) is 4.79 Å². The Bertz CT molecular complexity index is 723. The number of hydrogen-bond donors (Lipinski definition) is 1. The molecule has 0 saturated carbocycles. The summed E-state index contributed by atoms with van der Waals surface area (Å²) in [5, 5.41) is 3.28. The van der Waals surface area contributed by atoms with Crippen molar-refractivity contribution in [1.29, 1.82) is 0 Å². The molecule has 0 aliphatic heterocycles. The lowest BCUT2D eigenvalue weighted by Crippen LogP contribution is -2.38. The van der Waals surface area contributed by atoms with Crippen LogP contribution >= 0.6 is 11.6 Å². The highest BCUT2D eigenvalue weighted by molar-refractivity contribution is 6.32. The normalized spacial score (nSPS) is 12.3. The van der Waals surface area contributed by atoms with Crippen LogP contribution in [0, 0.1) is 0 Å². The highest BCUT2D eigenvalue weighted by Crippen LogP contribution is 2.25. The third-order valence-corrected chi connectivity index (χ3v) is 4.21. The smallest absolute Gasteiger partial charge is 0.260 e. The van der Waals surface area contributed by atoms with Gasteiger partial charge >= 0.3 is 0 Å². The van der Waals surface area contributed by atoms with Gasteiger partial charge in [-0.1, -0.05) is 56.6 Å². The Kier molecular flexibility index (Phi) is 6.92. The lowest BCUT2D eigenvalue weighted by molar-refractivity contribution is -0.127. The Labute approximate surface area is 160 Å². The highest BCUT2D eigenvalue weighted by atomic mass is 35.5. The quantitative estimate of drug-likeness (QED) is 0.719. The summed E-state index contributed by atoms with van der Waals surface area (Å²) in [7, 11) is 0. The fraction of sp³-hybridized carbons (Fsp3) is 0.381. The molecule has 2 rings (SSSR count). The number of carbonyl (C=O) groups excluding carboxylic acids is 1. The molecule has 5 heteroatoms. The topological polar surface area (TPSA) is 47.6 Å². The van der Waals surface area contributed by atoms with Crippen molar-refractivity contribution >= 4 is 17.5 Å². The number of carbonyl (C=O) groups is 1. The monoisotopic (exact) mass is 375 g/mol. The molecule has 0 saturated heterocycles. The highest BCUT2D eigenvalue weighted by Gasteiger charge is 2.15. The number of hydrogen-bond acceptors (Lipinski definition) is 3. The predicted octanol–water partition coefficient (Wildman–Crippen LogP) is 4.60. The number of benzene rings is 2. The molecule has 1 unspecified atom stereocenters. The molecule has 0 spiro atoms. The molecule has 0 heterocycles. The van der Waals surface area contributed by atoms with E-state index in [1.54, 1.807) is 19.1 Å². The van der Waals surface area contributed by atoms with Gasteiger partial charge in [-0.2, -0.15) is 0 Å². The number of rotatable bonds is 7. The maximum Gasteiger partial charge on any atom is 0.260 e. The minimum absolute atomic E-state index is 0.115. The third-order valence-electron chi connectivity index (χ3n) is 3.90. The summed E-state index contributed by atoms with van der Waals surface area (Å²) in [6, 6.07) is 15.1. The van der Waals surface area contributed by atoms with Crippen LogP contribution in [-0.4, -0.2) is 25.2 Å². The van der Waals surface area contributed by atoms with E-state index in [0.717, 1.165) is 5.75 Å². The Hall–Kier alpha value is -2.20. The molecule has 2 aromatic carbocycles. The molecule has 0 aliphatic rings. The minimum Gasteiger partial charge on any atom is -0.492 e. The van der Waals surface area contributed by atoms with Crippen molar-refractivity contribution in [3.05, 3.63) is 59.1 Å². The molecular weight excluding hydrogens is 350 g/mol. The number of ether oxygens (including phenoxy) is 2. The van der Waals surface area contributed by atoms with Crippen molar-refractivity contribution in [2.24, 2.45) is 0 Å². The summed E-state index contributed by atoms with van der Waals surface area (Å²) in [4.78, 5) is 12.1. The predicted molar refractivity (Wildman–Crippen MR) is 105 cm³/mol. The van der Waals surface area contributed by atoms with Crippen LogP contribution in [0.1, 0.15) is 33.3 Å². The minimum atomic E-state index is -0.638. The molecule has 1 amide bonds. The van der Waals surface area contributed by atoms with E-state index in [4.69, 9.17) is 21.1 Å². The molecule has 0 aromatic heterocycles. The van der Waals surface area contributed by atoms with Crippen molar-refractivity contribution in [1.82, 2.24) is 5.32 Å². The molecule has 0 fully saturated rings. The maximum absolute atomic E-state index is 12.1. The first-order valence-corrected chi connectivity index (χ1v) is 9.07. The second-order valence-electron chi connectivity index (χ2n) is 7.10. The van der Waals surface area contributed by atoms with Crippen molar-refractivity contribution < 1.29 is 14.3 Å². The van der Waals surface area contributed by atoms with Crippen molar-refractivity contribution in [2.75, 3.05) is 13.2 Å². The Morgan fingerprint density at radius 3 is 2.38 bits per heavy atom. The fourth-order valence-electron chi connectivity index (χ4n) is 2.32. The number of nitrogens with one attached hydrogen (secondary N) is 1. The molecule has 0 bridgehead atoms. The first-order valence-electron chi connectivity index (χ1n) is 8.69. The van der Waals surface area contributed by atoms with Gasteiger partial charge in [0.05, 0.1) is 11.6 Å². The van der Waals surface area contributed by atoms with Gasteiger partial charge in [0.2, 0.25) is 0 Å². The van der Waals surface area contributed by atoms with Crippen LogP contribution in [0.15, 0.2) is 48.5 Å². The summed E-state index contributed by atoms with van der Waals surface area (Å²) in [5.74, 6) is 1.07. The van der Waals surface area contributed by atoms with Crippen LogP contribution in [0.25, 0.3) is 0 Å². The molecule has 140 valence electrons. The van der Waals surface area contributed by atoms with Crippen LogP contribution in [0.3, 0.4) is 0 Å². The van der Waals surface area contributed by atoms with Crippen molar-refractivity contribution in [3.63, 3.8) is 0 Å². The van der Waals surface area contributed by atoms with Gasteiger partial charge in [0, 0.05) is 0 Å². The second-order valence-corrected chi connectivity index (χ2v) is 7.51. The summed E-state index contributed by atoms with van der Waals surface area (Å²) < 4.78 is 11.2. The first kappa shape index (κ1) is 20.1. The van der Waals surface area contributed by atoms with Gasteiger partial charge in [0.25, 0.3) is 5.91 Å². The summed E-state index contributed by atoms with van der Waals surface area (Å²) in [6.45, 7) is 8.99.